The lowest BCUT2D eigenvalue weighted by atomic mass is 9.84. The van der Waals surface area contributed by atoms with Crippen molar-refractivity contribution in [3.05, 3.63) is 100 Å². The van der Waals surface area contributed by atoms with Gasteiger partial charge in [0.05, 0.1) is 31.9 Å². The average Bonchev–Trinajstić information content (AvgIpc) is 3.13. The minimum atomic E-state index is -0.759. The number of aryl methyl sites for hydroxylation is 1. The molecule has 38 heavy (non-hydrogen) atoms. The first-order valence-corrected chi connectivity index (χ1v) is 12.8. The second kappa shape index (κ2) is 10.7. The van der Waals surface area contributed by atoms with Crippen molar-refractivity contribution in [1.82, 2.24) is 4.90 Å². The van der Waals surface area contributed by atoms with Gasteiger partial charge in [-0.15, -0.1) is 0 Å². The van der Waals surface area contributed by atoms with Crippen molar-refractivity contribution in [2.45, 2.75) is 52.6 Å². The number of rotatable bonds is 7. The lowest BCUT2D eigenvalue weighted by molar-refractivity contribution is -0.140. The van der Waals surface area contributed by atoms with E-state index < -0.39 is 17.7 Å². The molecule has 1 aliphatic rings. The third-order valence-electron chi connectivity index (χ3n) is 6.92. The molecule has 1 unspecified atom stereocenters. The van der Waals surface area contributed by atoms with Crippen LogP contribution >= 0.6 is 0 Å². The number of para-hydroxylation sites is 1. The van der Waals surface area contributed by atoms with Gasteiger partial charge in [-0.2, -0.15) is 0 Å². The van der Waals surface area contributed by atoms with Crippen molar-refractivity contribution >= 4 is 17.4 Å². The minimum Gasteiger partial charge on any atom is -0.507 e. The summed E-state index contributed by atoms with van der Waals surface area (Å²) in [6.45, 7) is 10.7. The first-order chi connectivity index (χ1) is 18.1. The average molecular weight is 514 g/mol. The number of carbonyl (C=O) groups is 2. The fraction of sp³-hybridized carbons (Fsp3) is 0.312. The van der Waals surface area contributed by atoms with Crippen molar-refractivity contribution in [3.8, 4) is 11.5 Å². The number of ether oxygens (including phenoxy) is 2. The Balaban J connectivity index is 1.91. The van der Waals surface area contributed by atoms with Gasteiger partial charge < -0.3 is 19.5 Å². The number of aliphatic hydroxyl groups is 1. The third-order valence-corrected chi connectivity index (χ3v) is 6.92. The number of hydrogen-bond donors (Lipinski definition) is 1. The van der Waals surface area contributed by atoms with Crippen molar-refractivity contribution < 1.29 is 24.2 Å². The van der Waals surface area contributed by atoms with E-state index in [2.05, 4.69) is 20.8 Å². The van der Waals surface area contributed by atoms with Crippen LogP contribution in [0.1, 0.15) is 61.6 Å². The predicted octanol–water partition coefficient (Wildman–Crippen LogP) is 6.32. The first kappa shape index (κ1) is 27.0. The van der Waals surface area contributed by atoms with E-state index in [-0.39, 0.29) is 23.3 Å². The van der Waals surface area contributed by atoms with Crippen LogP contribution in [-0.4, -0.2) is 35.4 Å². The summed E-state index contributed by atoms with van der Waals surface area (Å²) in [6, 6.07) is 19.7. The van der Waals surface area contributed by atoms with E-state index in [4.69, 9.17) is 9.47 Å². The van der Waals surface area contributed by atoms with Crippen molar-refractivity contribution in [2.75, 3.05) is 13.7 Å². The molecular weight excluding hydrogens is 478 g/mol. The molecule has 0 bridgehead atoms. The van der Waals surface area contributed by atoms with Gasteiger partial charge in [0.15, 0.2) is 0 Å². The van der Waals surface area contributed by atoms with Crippen LogP contribution in [0.4, 0.5) is 0 Å². The van der Waals surface area contributed by atoms with Crippen molar-refractivity contribution in [3.63, 3.8) is 0 Å². The molecule has 1 amide bonds. The Labute approximate surface area is 224 Å². The molecule has 6 nitrogen and oxygen atoms in total. The van der Waals surface area contributed by atoms with Crippen molar-refractivity contribution in [2.24, 2.45) is 0 Å². The second-order valence-electron chi connectivity index (χ2n) is 10.5. The monoisotopic (exact) mass is 513 g/mol. The molecule has 1 fully saturated rings. The minimum absolute atomic E-state index is 0.0724. The zero-order chi connectivity index (χ0) is 27.6. The molecule has 1 heterocycles. The maximum absolute atomic E-state index is 13.6. The van der Waals surface area contributed by atoms with Crippen LogP contribution in [0, 0.1) is 6.92 Å². The lowest BCUT2D eigenvalue weighted by Crippen LogP contribution is -2.29. The maximum atomic E-state index is 13.6. The normalized spacial score (nSPS) is 17.1. The lowest BCUT2D eigenvalue weighted by Gasteiger charge is -2.27. The van der Waals surface area contributed by atoms with Crippen LogP contribution in [0.5, 0.6) is 11.5 Å². The highest BCUT2D eigenvalue weighted by molar-refractivity contribution is 6.46. The summed E-state index contributed by atoms with van der Waals surface area (Å²) in [5.41, 5.74) is 3.63. The molecule has 1 N–H and O–H groups in total. The molecule has 0 spiro atoms. The van der Waals surface area contributed by atoms with Crippen LogP contribution in [-0.2, 0) is 21.5 Å². The molecule has 4 rings (SSSR count). The second-order valence-corrected chi connectivity index (χ2v) is 10.5. The molecule has 0 aliphatic carbocycles. The van der Waals surface area contributed by atoms with E-state index in [0.29, 0.717) is 17.9 Å². The summed E-state index contributed by atoms with van der Waals surface area (Å²) in [5.74, 6) is -0.222. The Morgan fingerprint density at radius 2 is 1.66 bits per heavy atom. The van der Waals surface area contributed by atoms with Gasteiger partial charge in [-0.25, -0.2) is 0 Å². The number of Topliss-reactive ketones (excluding diaryl/α,β-unsaturated/α-hetero) is 1. The zero-order valence-electron chi connectivity index (χ0n) is 22.9. The van der Waals surface area contributed by atoms with E-state index in [1.807, 2.05) is 74.5 Å². The van der Waals surface area contributed by atoms with Gasteiger partial charge in [0.25, 0.3) is 11.7 Å². The summed E-state index contributed by atoms with van der Waals surface area (Å²) in [7, 11) is 1.57. The molecule has 3 aromatic carbocycles. The van der Waals surface area contributed by atoms with Crippen LogP contribution in [0.15, 0.2) is 72.3 Å². The van der Waals surface area contributed by atoms with E-state index in [1.54, 1.807) is 13.2 Å². The smallest absolute Gasteiger partial charge is 0.295 e. The number of hydrogen-bond acceptors (Lipinski definition) is 5. The number of nitrogens with zero attached hydrogens (tertiary/aromatic N) is 1. The molecule has 1 aliphatic heterocycles. The fourth-order valence-electron chi connectivity index (χ4n) is 4.98. The number of amides is 1. The Kier molecular flexibility index (Phi) is 7.63. The molecule has 0 saturated carbocycles. The Hall–Kier alpha value is -4.06. The van der Waals surface area contributed by atoms with Gasteiger partial charge in [0, 0.05) is 16.7 Å². The maximum Gasteiger partial charge on any atom is 0.295 e. The number of ketones is 1. The first-order valence-electron chi connectivity index (χ1n) is 12.8. The summed E-state index contributed by atoms with van der Waals surface area (Å²) < 4.78 is 11.3. The standard InChI is InChI=1S/C32H35NO5/c1-7-38-26-17-16-21(18-24(26)32(3,4)5)29(34)27-28(23-14-10-8-12-20(23)2)33(31(36)30(27)35)19-22-13-9-11-15-25(22)37-6/h8-18,28,34H,7,19H2,1-6H3/b29-27+. The van der Waals surface area contributed by atoms with Gasteiger partial charge >= 0.3 is 0 Å². The van der Waals surface area contributed by atoms with Crippen LogP contribution in [0.3, 0.4) is 0 Å². The van der Waals surface area contributed by atoms with Crippen LogP contribution < -0.4 is 9.47 Å². The molecule has 198 valence electrons. The largest absolute Gasteiger partial charge is 0.507 e. The molecule has 0 aromatic heterocycles. The molecule has 1 saturated heterocycles. The number of likely N-dealkylation sites (tertiary alicyclic amines) is 1. The Morgan fingerprint density at radius 1 is 0.974 bits per heavy atom. The molecular formula is C32H35NO5. The fourth-order valence-corrected chi connectivity index (χ4v) is 4.98. The number of carbonyl (C=O) groups excluding carboxylic acids is 2. The molecule has 1 atom stereocenters. The van der Waals surface area contributed by atoms with Gasteiger partial charge in [-0.1, -0.05) is 63.2 Å². The predicted molar refractivity (Wildman–Crippen MR) is 148 cm³/mol. The van der Waals surface area contributed by atoms with Crippen molar-refractivity contribution in [1.29, 1.82) is 0 Å². The highest BCUT2D eigenvalue weighted by Gasteiger charge is 2.46. The zero-order valence-corrected chi connectivity index (χ0v) is 22.9. The number of benzene rings is 3. The highest BCUT2D eigenvalue weighted by atomic mass is 16.5. The van der Waals surface area contributed by atoms with Crippen LogP contribution in [0.2, 0.25) is 0 Å². The highest BCUT2D eigenvalue weighted by Crippen LogP contribution is 2.43. The molecule has 0 radical (unpaired) electrons. The number of aliphatic hydroxyl groups excluding tert-OH is 1. The molecule has 6 heteroatoms. The topological polar surface area (TPSA) is 76.1 Å². The van der Waals surface area contributed by atoms with Gasteiger partial charge in [-0.05, 0) is 54.7 Å². The van der Waals surface area contributed by atoms with E-state index >= 15 is 0 Å². The van der Waals surface area contributed by atoms with Crippen LogP contribution in [0.25, 0.3) is 5.76 Å². The quantitative estimate of drug-likeness (QED) is 0.227. The number of methoxy groups -OCH3 is 1. The van der Waals surface area contributed by atoms with E-state index in [1.165, 1.54) is 4.90 Å². The summed E-state index contributed by atoms with van der Waals surface area (Å²) in [6.07, 6.45) is 0. The SMILES string of the molecule is CCOc1ccc(/C(O)=C2\C(=O)C(=O)N(Cc3ccccc3OC)C2c2ccccc2C)cc1C(C)(C)C. The van der Waals surface area contributed by atoms with E-state index in [0.717, 1.165) is 28.0 Å². The van der Waals surface area contributed by atoms with Gasteiger partial charge in [-0.3, -0.25) is 9.59 Å². The third kappa shape index (κ3) is 5.03. The van der Waals surface area contributed by atoms with Gasteiger partial charge in [0.1, 0.15) is 17.3 Å². The summed E-state index contributed by atoms with van der Waals surface area (Å²) in [5, 5.41) is 11.6. The van der Waals surface area contributed by atoms with Gasteiger partial charge in [0.2, 0.25) is 0 Å². The summed E-state index contributed by atoms with van der Waals surface area (Å²) >= 11 is 0. The summed E-state index contributed by atoms with van der Waals surface area (Å²) in [4.78, 5) is 28.6. The van der Waals surface area contributed by atoms with E-state index in [9.17, 15) is 14.7 Å². The Morgan fingerprint density at radius 3 is 2.32 bits per heavy atom. The molecule has 3 aromatic rings. The Bertz CT molecular complexity index is 1400.